The van der Waals surface area contributed by atoms with Gasteiger partial charge in [-0.1, -0.05) is 48.5 Å². The summed E-state index contributed by atoms with van der Waals surface area (Å²) in [7, 11) is 0. The molecule has 0 saturated carbocycles. The van der Waals surface area contributed by atoms with Crippen LogP contribution in [-0.4, -0.2) is 18.7 Å². The topological polar surface area (TPSA) is 59.9 Å². The third kappa shape index (κ3) is 6.32. The molecule has 27 heavy (non-hydrogen) atoms. The van der Waals surface area contributed by atoms with Gasteiger partial charge in [-0.05, 0) is 47.5 Å². The summed E-state index contributed by atoms with van der Waals surface area (Å²) >= 11 is 0. The lowest BCUT2D eigenvalue weighted by molar-refractivity contribution is -0.123. The van der Waals surface area contributed by atoms with E-state index in [0.29, 0.717) is 12.4 Å². The third-order valence-corrected chi connectivity index (χ3v) is 3.64. The van der Waals surface area contributed by atoms with Crippen LogP contribution in [0.1, 0.15) is 11.1 Å². The molecular formula is C22H20N2O3. The van der Waals surface area contributed by atoms with Crippen LogP contribution in [-0.2, 0) is 11.4 Å². The minimum atomic E-state index is -0.321. The van der Waals surface area contributed by atoms with Crippen molar-refractivity contribution in [2.75, 3.05) is 6.61 Å². The normalized spacial score (nSPS) is 10.5. The van der Waals surface area contributed by atoms with Crippen LogP contribution < -0.4 is 14.9 Å². The number of amides is 1. The Morgan fingerprint density at radius 2 is 1.44 bits per heavy atom. The SMILES string of the molecule is O=C(COc1ccccc1)NN=Cc1ccc(OCc2ccccc2)cc1. The second kappa shape index (κ2) is 9.77. The van der Waals surface area contributed by atoms with E-state index in [1.54, 1.807) is 18.3 Å². The van der Waals surface area contributed by atoms with Gasteiger partial charge in [0.1, 0.15) is 18.1 Å². The Kier molecular flexibility index (Phi) is 6.59. The van der Waals surface area contributed by atoms with Gasteiger partial charge in [0.15, 0.2) is 6.61 Å². The van der Waals surface area contributed by atoms with Crippen molar-refractivity contribution in [1.82, 2.24) is 5.43 Å². The Morgan fingerprint density at radius 1 is 0.815 bits per heavy atom. The number of ether oxygens (including phenoxy) is 2. The van der Waals surface area contributed by atoms with Crippen LogP contribution in [0, 0.1) is 0 Å². The van der Waals surface area contributed by atoms with E-state index in [9.17, 15) is 4.79 Å². The van der Waals surface area contributed by atoms with E-state index in [1.807, 2.05) is 72.8 Å². The van der Waals surface area contributed by atoms with E-state index in [2.05, 4.69) is 10.5 Å². The summed E-state index contributed by atoms with van der Waals surface area (Å²) < 4.78 is 11.1. The second-order valence-corrected chi connectivity index (χ2v) is 5.74. The molecule has 0 aliphatic carbocycles. The first-order valence-corrected chi connectivity index (χ1v) is 8.56. The maximum Gasteiger partial charge on any atom is 0.277 e. The molecule has 0 unspecified atom stereocenters. The minimum absolute atomic E-state index is 0.0897. The van der Waals surface area contributed by atoms with Gasteiger partial charge in [-0.15, -0.1) is 0 Å². The largest absolute Gasteiger partial charge is 0.489 e. The zero-order valence-corrected chi connectivity index (χ0v) is 14.7. The quantitative estimate of drug-likeness (QED) is 0.491. The van der Waals surface area contributed by atoms with Gasteiger partial charge in [-0.3, -0.25) is 4.79 Å². The Bertz CT molecular complexity index is 863. The lowest BCUT2D eigenvalue weighted by atomic mass is 10.2. The summed E-state index contributed by atoms with van der Waals surface area (Å²) in [6, 6.07) is 26.6. The van der Waals surface area contributed by atoms with E-state index < -0.39 is 0 Å². The second-order valence-electron chi connectivity index (χ2n) is 5.74. The molecule has 0 atom stereocenters. The average Bonchev–Trinajstić information content (AvgIpc) is 2.73. The summed E-state index contributed by atoms with van der Waals surface area (Å²) in [6.07, 6.45) is 1.57. The molecule has 1 N–H and O–H groups in total. The predicted molar refractivity (Wildman–Crippen MR) is 105 cm³/mol. The number of para-hydroxylation sites is 1. The standard InChI is InChI=1S/C22H20N2O3/c25-22(17-27-20-9-5-2-6-10-20)24-23-15-18-11-13-21(14-12-18)26-16-19-7-3-1-4-8-19/h1-15H,16-17H2,(H,24,25). The summed E-state index contributed by atoms with van der Waals surface area (Å²) in [5.41, 5.74) is 4.40. The van der Waals surface area contributed by atoms with E-state index >= 15 is 0 Å². The van der Waals surface area contributed by atoms with Crippen molar-refractivity contribution >= 4 is 12.1 Å². The maximum atomic E-state index is 11.7. The van der Waals surface area contributed by atoms with E-state index in [0.717, 1.165) is 16.9 Å². The predicted octanol–water partition coefficient (Wildman–Crippen LogP) is 3.79. The molecule has 3 aromatic carbocycles. The highest BCUT2D eigenvalue weighted by Gasteiger charge is 2.00. The molecule has 5 nitrogen and oxygen atoms in total. The van der Waals surface area contributed by atoms with Crippen LogP contribution >= 0.6 is 0 Å². The molecule has 1 amide bonds. The fourth-order valence-corrected chi connectivity index (χ4v) is 2.27. The Balaban J connectivity index is 1.41. The molecule has 3 aromatic rings. The number of carbonyl (C=O) groups excluding carboxylic acids is 1. The van der Waals surface area contributed by atoms with Gasteiger partial charge in [0.05, 0.1) is 6.21 Å². The van der Waals surface area contributed by atoms with Crippen LogP contribution in [0.4, 0.5) is 0 Å². The molecule has 5 heteroatoms. The van der Waals surface area contributed by atoms with Crippen molar-refractivity contribution in [1.29, 1.82) is 0 Å². The highest BCUT2D eigenvalue weighted by molar-refractivity contribution is 5.83. The summed E-state index contributed by atoms with van der Waals surface area (Å²) in [4.78, 5) is 11.7. The van der Waals surface area contributed by atoms with Crippen molar-refractivity contribution in [3.05, 3.63) is 96.1 Å². The van der Waals surface area contributed by atoms with Crippen molar-refractivity contribution in [2.24, 2.45) is 5.10 Å². The molecule has 0 aliphatic heterocycles. The van der Waals surface area contributed by atoms with Crippen molar-refractivity contribution in [3.63, 3.8) is 0 Å². The highest BCUT2D eigenvalue weighted by Crippen LogP contribution is 2.13. The first kappa shape index (κ1) is 18.2. The summed E-state index contributed by atoms with van der Waals surface area (Å²) in [5, 5.41) is 3.93. The molecule has 0 saturated heterocycles. The molecule has 0 bridgehead atoms. The number of benzene rings is 3. The lowest BCUT2D eigenvalue weighted by Gasteiger charge is -2.06. The van der Waals surface area contributed by atoms with E-state index in [4.69, 9.17) is 9.47 Å². The summed E-state index contributed by atoms with van der Waals surface area (Å²) in [6.45, 7) is 0.430. The smallest absolute Gasteiger partial charge is 0.277 e. The van der Waals surface area contributed by atoms with Crippen LogP contribution in [0.5, 0.6) is 11.5 Å². The van der Waals surface area contributed by atoms with Gasteiger partial charge < -0.3 is 9.47 Å². The zero-order chi connectivity index (χ0) is 18.7. The van der Waals surface area contributed by atoms with Crippen LogP contribution in [0.25, 0.3) is 0 Å². The third-order valence-electron chi connectivity index (χ3n) is 3.64. The van der Waals surface area contributed by atoms with Gasteiger partial charge in [0, 0.05) is 0 Å². The first-order chi connectivity index (χ1) is 13.3. The molecule has 0 aliphatic rings. The van der Waals surface area contributed by atoms with Crippen molar-refractivity contribution < 1.29 is 14.3 Å². The number of nitrogens with zero attached hydrogens (tertiary/aromatic N) is 1. The molecule has 0 aromatic heterocycles. The molecule has 0 fully saturated rings. The molecule has 0 radical (unpaired) electrons. The highest BCUT2D eigenvalue weighted by atomic mass is 16.5. The molecule has 0 spiro atoms. The number of hydrogen-bond donors (Lipinski definition) is 1. The minimum Gasteiger partial charge on any atom is -0.489 e. The van der Waals surface area contributed by atoms with Crippen LogP contribution in [0.3, 0.4) is 0 Å². The van der Waals surface area contributed by atoms with Gasteiger partial charge in [-0.2, -0.15) is 5.10 Å². The first-order valence-electron chi connectivity index (χ1n) is 8.56. The van der Waals surface area contributed by atoms with Crippen molar-refractivity contribution in [3.8, 4) is 11.5 Å². The number of hydrogen-bond acceptors (Lipinski definition) is 4. The molecule has 136 valence electrons. The van der Waals surface area contributed by atoms with Gasteiger partial charge in [0.25, 0.3) is 5.91 Å². The van der Waals surface area contributed by atoms with Crippen LogP contribution in [0.2, 0.25) is 0 Å². The number of nitrogens with one attached hydrogen (secondary N) is 1. The van der Waals surface area contributed by atoms with Gasteiger partial charge >= 0.3 is 0 Å². The fraction of sp³-hybridized carbons (Fsp3) is 0.0909. The lowest BCUT2D eigenvalue weighted by Crippen LogP contribution is -2.24. The maximum absolute atomic E-state index is 11.7. The average molecular weight is 360 g/mol. The monoisotopic (exact) mass is 360 g/mol. The number of carbonyl (C=O) groups is 1. The molecular weight excluding hydrogens is 340 g/mol. The van der Waals surface area contributed by atoms with Crippen molar-refractivity contribution in [2.45, 2.75) is 6.61 Å². The van der Waals surface area contributed by atoms with E-state index in [1.165, 1.54) is 0 Å². The number of rotatable bonds is 8. The Hall–Kier alpha value is -3.60. The van der Waals surface area contributed by atoms with Crippen LogP contribution in [0.15, 0.2) is 90.0 Å². The molecule has 3 rings (SSSR count). The fourth-order valence-electron chi connectivity index (χ4n) is 2.27. The number of hydrazone groups is 1. The summed E-state index contributed by atoms with van der Waals surface area (Å²) in [5.74, 6) is 1.09. The van der Waals surface area contributed by atoms with Gasteiger partial charge in [-0.25, -0.2) is 5.43 Å². The Labute approximate surface area is 158 Å². The van der Waals surface area contributed by atoms with Gasteiger partial charge in [0.2, 0.25) is 0 Å². The zero-order valence-electron chi connectivity index (χ0n) is 14.7. The molecule has 0 heterocycles. The van der Waals surface area contributed by atoms with E-state index in [-0.39, 0.29) is 12.5 Å². The Morgan fingerprint density at radius 3 is 2.15 bits per heavy atom.